The molecule has 0 aliphatic heterocycles. The van der Waals surface area contributed by atoms with Crippen molar-refractivity contribution in [2.75, 3.05) is 0 Å². The zero-order valence-corrected chi connectivity index (χ0v) is 9.94. The van der Waals surface area contributed by atoms with Gasteiger partial charge in [0.25, 0.3) is 0 Å². The molecule has 0 bridgehead atoms. The van der Waals surface area contributed by atoms with Crippen molar-refractivity contribution in [2.24, 2.45) is 0 Å². The molecule has 0 spiro atoms. The molecular formula is C15H16O2. The van der Waals surface area contributed by atoms with Gasteiger partial charge in [0.1, 0.15) is 0 Å². The molecule has 1 aromatic rings. The number of aliphatic hydroxyl groups is 1. The summed E-state index contributed by atoms with van der Waals surface area (Å²) in [5.41, 5.74) is 2.47. The fourth-order valence-corrected chi connectivity index (χ4v) is 1.99. The van der Waals surface area contributed by atoms with Gasteiger partial charge in [0.15, 0.2) is 5.76 Å². The minimum Gasteiger partial charge on any atom is -0.504 e. The summed E-state index contributed by atoms with van der Waals surface area (Å²) in [6.07, 6.45) is 6.89. The number of aliphatic hydroxyl groups excluding tert-OH is 1. The predicted octanol–water partition coefficient (Wildman–Crippen LogP) is 3.90. The van der Waals surface area contributed by atoms with Crippen LogP contribution in [0.3, 0.4) is 0 Å². The smallest absolute Gasteiger partial charge is 0.227 e. The first-order valence-corrected chi connectivity index (χ1v) is 5.99. The number of benzene rings is 1. The number of rotatable bonds is 3. The second-order valence-electron chi connectivity index (χ2n) is 4.21. The summed E-state index contributed by atoms with van der Waals surface area (Å²) >= 11 is 0. The SMILES string of the molecule is CCCCC=C1C=C(O)C(=O)c2ccccc21. The van der Waals surface area contributed by atoms with E-state index in [9.17, 15) is 9.90 Å². The fraction of sp³-hybridized carbons (Fsp3) is 0.267. The Bertz CT molecular complexity index is 495. The normalized spacial score (nSPS) is 16.9. The molecule has 17 heavy (non-hydrogen) atoms. The van der Waals surface area contributed by atoms with Gasteiger partial charge in [-0.1, -0.05) is 50.1 Å². The molecular weight excluding hydrogens is 212 g/mol. The first-order chi connectivity index (χ1) is 8.24. The highest BCUT2D eigenvalue weighted by Gasteiger charge is 2.21. The van der Waals surface area contributed by atoms with E-state index in [0.717, 1.165) is 30.4 Å². The Morgan fingerprint density at radius 3 is 2.65 bits per heavy atom. The maximum absolute atomic E-state index is 11.7. The molecule has 0 fully saturated rings. The Kier molecular flexibility index (Phi) is 3.43. The van der Waals surface area contributed by atoms with Crippen molar-refractivity contribution in [2.45, 2.75) is 26.2 Å². The van der Waals surface area contributed by atoms with Crippen molar-refractivity contribution in [3.8, 4) is 0 Å². The van der Waals surface area contributed by atoms with Gasteiger partial charge in [0, 0.05) is 5.56 Å². The number of hydrogen-bond donors (Lipinski definition) is 1. The third-order valence-corrected chi connectivity index (χ3v) is 2.93. The van der Waals surface area contributed by atoms with Crippen molar-refractivity contribution in [3.63, 3.8) is 0 Å². The highest BCUT2D eigenvalue weighted by atomic mass is 16.3. The van der Waals surface area contributed by atoms with Crippen LogP contribution in [-0.2, 0) is 0 Å². The summed E-state index contributed by atoms with van der Waals surface area (Å²) in [6, 6.07) is 7.41. The van der Waals surface area contributed by atoms with Gasteiger partial charge < -0.3 is 5.11 Å². The van der Waals surface area contributed by atoms with Crippen molar-refractivity contribution < 1.29 is 9.90 Å². The van der Waals surface area contributed by atoms with E-state index in [1.807, 2.05) is 18.2 Å². The maximum Gasteiger partial charge on any atom is 0.227 e. The fourth-order valence-electron chi connectivity index (χ4n) is 1.99. The van der Waals surface area contributed by atoms with Crippen LogP contribution in [0.1, 0.15) is 42.1 Å². The van der Waals surface area contributed by atoms with Gasteiger partial charge in [0.05, 0.1) is 0 Å². The van der Waals surface area contributed by atoms with Crippen molar-refractivity contribution in [1.29, 1.82) is 0 Å². The lowest BCUT2D eigenvalue weighted by Gasteiger charge is -2.15. The zero-order valence-electron chi connectivity index (χ0n) is 9.94. The molecule has 0 amide bonds. The molecule has 1 aliphatic rings. The zero-order chi connectivity index (χ0) is 12.3. The van der Waals surface area contributed by atoms with Gasteiger partial charge in [-0.2, -0.15) is 0 Å². The molecule has 2 nitrogen and oxygen atoms in total. The lowest BCUT2D eigenvalue weighted by Crippen LogP contribution is -2.11. The van der Waals surface area contributed by atoms with Gasteiger partial charge in [-0.25, -0.2) is 0 Å². The quantitative estimate of drug-likeness (QED) is 0.797. The van der Waals surface area contributed by atoms with Crippen molar-refractivity contribution in [1.82, 2.24) is 0 Å². The molecule has 0 saturated carbocycles. The summed E-state index contributed by atoms with van der Waals surface area (Å²) < 4.78 is 0. The molecule has 0 saturated heterocycles. The molecule has 88 valence electrons. The van der Waals surface area contributed by atoms with Gasteiger partial charge in [0.2, 0.25) is 5.78 Å². The van der Waals surface area contributed by atoms with E-state index in [0.29, 0.717) is 5.56 Å². The molecule has 1 aliphatic carbocycles. The van der Waals surface area contributed by atoms with Crippen LogP contribution < -0.4 is 0 Å². The van der Waals surface area contributed by atoms with Crippen LogP contribution in [0.5, 0.6) is 0 Å². The average Bonchev–Trinajstić information content (AvgIpc) is 2.36. The number of fused-ring (bicyclic) bond motifs is 1. The summed E-state index contributed by atoms with van der Waals surface area (Å²) in [5.74, 6) is -0.445. The molecule has 1 N–H and O–H groups in total. The first-order valence-electron chi connectivity index (χ1n) is 5.99. The standard InChI is InChI=1S/C15H16O2/c1-2-3-4-7-11-10-14(16)15(17)13-9-6-5-8-12(11)13/h5-10,16H,2-4H2,1H3. The van der Waals surface area contributed by atoms with Crippen LogP contribution in [0.15, 0.2) is 42.2 Å². The van der Waals surface area contributed by atoms with Gasteiger partial charge >= 0.3 is 0 Å². The van der Waals surface area contributed by atoms with Crippen LogP contribution in [0, 0.1) is 0 Å². The molecule has 2 heteroatoms. The number of hydrogen-bond acceptors (Lipinski definition) is 2. The molecule has 2 rings (SSSR count). The summed E-state index contributed by atoms with van der Waals surface area (Å²) in [7, 11) is 0. The van der Waals surface area contributed by atoms with Gasteiger partial charge in [-0.05, 0) is 23.6 Å². The highest BCUT2D eigenvalue weighted by molar-refractivity contribution is 6.14. The highest BCUT2D eigenvalue weighted by Crippen LogP contribution is 2.28. The lowest BCUT2D eigenvalue weighted by molar-refractivity contribution is 0.0976. The number of Topliss-reactive ketones (excluding diaryl/α,β-unsaturated/α-hetero) is 1. The monoisotopic (exact) mass is 228 g/mol. The molecule has 0 aromatic heterocycles. The van der Waals surface area contributed by atoms with E-state index >= 15 is 0 Å². The third-order valence-electron chi connectivity index (χ3n) is 2.93. The number of allylic oxidation sites excluding steroid dienone is 4. The van der Waals surface area contributed by atoms with E-state index in [2.05, 4.69) is 13.0 Å². The second kappa shape index (κ2) is 5.00. The van der Waals surface area contributed by atoms with Crippen molar-refractivity contribution in [3.05, 3.63) is 53.3 Å². The van der Waals surface area contributed by atoms with E-state index in [1.54, 1.807) is 12.1 Å². The molecule has 0 radical (unpaired) electrons. The molecule has 0 heterocycles. The van der Waals surface area contributed by atoms with Crippen LogP contribution in [0.2, 0.25) is 0 Å². The topological polar surface area (TPSA) is 37.3 Å². The van der Waals surface area contributed by atoms with E-state index in [4.69, 9.17) is 0 Å². The Labute approximate surface area is 101 Å². The Morgan fingerprint density at radius 1 is 1.24 bits per heavy atom. The third kappa shape index (κ3) is 2.31. The number of unbranched alkanes of at least 4 members (excludes halogenated alkanes) is 2. The minimum absolute atomic E-state index is 0.161. The van der Waals surface area contributed by atoms with Crippen LogP contribution in [0.25, 0.3) is 5.57 Å². The Balaban J connectivity index is 2.40. The predicted molar refractivity (Wildman–Crippen MR) is 69.0 cm³/mol. The van der Waals surface area contributed by atoms with Crippen LogP contribution in [0.4, 0.5) is 0 Å². The largest absolute Gasteiger partial charge is 0.504 e. The lowest BCUT2D eigenvalue weighted by atomic mass is 9.90. The minimum atomic E-state index is -0.284. The molecule has 0 atom stereocenters. The Hall–Kier alpha value is -1.83. The second-order valence-corrected chi connectivity index (χ2v) is 4.21. The van der Waals surface area contributed by atoms with E-state index < -0.39 is 0 Å². The maximum atomic E-state index is 11.7. The van der Waals surface area contributed by atoms with Gasteiger partial charge in [-0.15, -0.1) is 0 Å². The van der Waals surface area contributed by atoms with Crippen LogP contribution >= 0.6 is 0 Å². The summed E-state index contributed by atoms with van der Waals surface area (Å²) in [5, 5.41) is 9.62. The van der Waals surface area contributed by atoms with Gasteiger partial charge in [-0.3, -0.25) is 4.79 Å². The average molecular weight is 228 g/mol. The number of carbonyl (C=O) groups is 1. The molecule has 1 aromatic carbocycles. The van der Waals surface area contributed by atoms with Crippen molar-refractivity contribution >= 4 is 11.4 Å². The first kappa shape index (κ1) is 11.6. The van der Waals surface area contributed by atoms with E-state index in [-0.39, 0.29) is 11.5 Å². The number of ketones is 1. The summed E-state index contributed by atoms with van der Waals surface area (Å²) in [6.45, 7) is 2.14. The summed E-state index contributed by atoms with van der Waals surface area (Å²) in [4.78, 5) is 11.7. The number of carbonyl (C=O) groups excluding carboxylic acids is 1. The molecule has 0 unspecified atom stereocenters. The Morgan fingerprint density at radius 2 is 1.94 bits per heavy atom. The van der Waals surface area contributed by atoms with Crippen LogP contribution in [-0.4, -0.2) is 10.9 Å². The van der Waals surface area contributed by atoms with E-state index in [1.165, 1.54) is 0 Å².